The average molecular weight is 292 g/mol. The second kappa shape index (κ2) is 7.17. The highest BCUT2D eigenvalue weighted by Crippen LogP contribution is 2.26. The maximum Gasteiger partial charge on any atom is 0.138 e. The first kappa shape index (κ1) is 14.7. The van der Waals surface area contributed by atoms with Crippen LogP contribution in [0.2, 0.25) is 5.02 Å². The SMILES string of the molecule is COc1cccc(CCNCc2cccc(Cl)c2O)c1. The first-order chi connectivity index (χ1) is 9.70. The molecule has 0 saturated heterocycles. The van der Waals surface area contributed by atoms with E-state index in [2.05, 4.69) is 11.4 Å². The van der Waals surface area contributed by atoms with Crippen LogP contribution in [0.4, 0.5) is 0 Å². The molecule has 4 heteroatoms. The molecule has 0 spiro atoms. The second-order valence-electron chi connectivity index (χ2n) is 4.53. The molecule has 3 nitrogen and oxygen atoms in total. The van der Waals surface area contributed by atoms with Crippen molar-refractivity contribution in [1.29, 1.82) is 0 Å². The Bertz CT molecular complexity index is 572. The number of phenols is 1. The third-order valence-electron chi connectivity index (χ3n) is 3.11. The molecule has 0 aliphatic heterocycles. The van der Waals surface area contributed by atoms with Crippen molar-refractivity contribution in [3.8, 4) is 11.5 Å². The Morgan fingerprint density at radius 2 is 2.00 bits per heavy atom. The fraction of sp³-hybridized carbons (Fsp3) is 0.250. The number of para-hydroxylation sites is 1. The third kappa shape index (κ3) is 3.89. The normalized spacial score (nSPS) is 10.5. The maximum absolute atomic E-state index is 9.79. The number of halogens is 1. The largest absolute Gasteiger partial charge is 0.506 e. The Hall–Kier alpha value is -1.71. The fourth-order valence-corrected chi connectivity index (χ4v) is 2.18. The topological polar surface area (TPSA) is 41.5 Å². The molecule has 0 saturated carbocycles. The van der Waals surface area contributed by atoms with Crippen LogP contribution >= 0.6 is 11.6 Å². The van der Waals surface area contributed by atoms with E-state index < -0.39 is 0 Å². The Labute approximate surface area is 124 Å². The van der Waals surface area contributed by atoms with Gasteiger partial charge in [-0.25, -0.2) is 0 Å². The molecule has 0 atom stereocenters. The van der Waals surface area contributed by atoms with Crippen LogP contribution < -0.4 is 10.1 Å². The maximum atomic E-state index is 9.79. The van der Waals surface area contributed by atoms with E-state index in [1.54, 1.807) is 13.2 Å². The molecule has 2 rings (SSSR count). The number of hydrogen-bond acceptors (Lipinski definition) is 3. The Morgan fingerprint density at radius 1 is 1.20 bits per heavy atom. The van der Waals surface area contributed by atoms with Crippen LogP contribution in [0.1, 0.15) is 11.1 Å². The van der Waals surface area contributed by atoms with Crippen molar-refractivity contribution in [1.82, 2.24) is 5.32 Å². The fourth-order valence-electron chi connectivity index (χ4n) is 1.99. The highest BCUT2D eigenvalue weighted by Gasteiger charge is 2.04. The smallest absolute Gasteiger partial charge is 0.138 e. The van der Waals surface area contributed by atoms with E-state index in [4.69, 9.17) is 16.3 Å². The Kier molecular flexibility index (Phi) is 5.27. The second-order valence-corrected chi connectivity index (χ2v) is 4.93. The zero-order valence-electron chi connectivity index (χ0n) is 11.4. The van der Waals surface area contributed by atoms with E-state index in [0.29, 0.717) is 11.6 Å². The summed E-state index contributed by atoms with van der Waals surface area (Å²) in [4.78, 5) is 0. The van der Waals surface area contributed by atoms with Crippen LogP contribution in [0.15, 0.2) is 42.5 Å². The van der Waals surface area contributed by atoms with Gasteiger partial charge < -0.3 is 15.2 Å². The van der Waals surface area contributed by atoms with Crippen LogP contribution in [-0.2, 0) is 13.0 Å². The number of methoxy groups -OCH3 is 1. The highest BCUT2D eigenvalue weighted by atomic mass is 35.5. The van der Waals surface area contributed by atoms with E-state index >= 15 is 0 Å². The highest BCUT2D eigenvalue weighted by molar-refractivity contribution is 6.32. The number of phenolic OH excluding ortho intramolecular Hbond substituents is 1. The summed E-state index contributed by atoms with van der Waals surface area (Å²) in [5, 5.41) is 13.5. The molecule has 0 radical (unpaired) electrons. The Balaban J connectivity index is 1.83. The number of aromatic hydroxyl groups is 1. The molecular weight excluding hydrogens is 274 g/mol. The summed E-state index contributed by atoms with van der Waals surface area (Å²) in [6.07, 6.45) is 0.901. The molecule has 106 valence electrons. The predicted molar refractivity (Wildman–Crippen MR) is 81.5 cm³/mol. The molecule has 20 heavy (non-hydrogen) atoms. The van der Waals surface area contributed by atoms with Crippen molar-refractivity contribution in [2.45, 2.75) is 13.0 Å². The van der Waals surface area contributed by atoms with Crippen LogP contribution in [-0.4, -0.2) is 18.8 Å². The third-order valence-corrected chi connectivity index (χ3v) is 3.42. The molecule has 0 amide bonds. The Morgan fingerprint density at radius 3 is 2.80 bits per heavy atom. The van der Waals surface area contributed by atoms with E-state index in [1.165, 1.54) is 5.56 Å². The van der Waals surface area contributed by atoms with Gasteiger partial charge in [0.2, 0.25) is 0 Å². The van der Waals surface area contributed by atoms with Crippen LogP contribution in [0.5, 0.6) is 11.5 Å². The average Bonchev–Trinajstić information content (AvgIpc) is 2.48. The number of rotatable bonds is 6. The van der Waals surface area contributed by atoms with Gasteiger partial charge >= 0.3 is 0 Å². The van der Waals surface area contributed by atoms with Crippen molar-refractivity contribution < 1.29 is 9.84 Å². The minimum absolute atomic E-state index is 0.156. The zero-order valence-corrected chi connectivity index (χ0v) is 12.2. The van der Waals surface area contributed by atoms with Gasteiger partial charge in [-0.1, -0.05) is 35.9 Å². The molecule has 0 aliphatic rings. The summed E-state index contributed by atoms with van der Waals surface area (Å²) >= 11 is 5.86. The molecular formula is C16H18ClNO2. The molecule has 0 heterocycles. The number of ether oxygens (including phenoxy) is 1. The summed E-state index contributed by atoms with van der Waals surface area (Å²) in [6, 6.07) is 13.4. The molecule has 0 bridgehead atoms. The first-order valence-electron chi connectivity index (χ1n) is 6.50. The van der Waals surface area contributed by atoms with Crippen molar-refractivity contribution >= 4 is 11.6 Å². The van der Waals surface area contributed by atoms with Crippen LogP contribution in [0.25, 0.3) is 0 Å². The van der Waals surface area contributed by atoms with Gasteiger partial charge in [0, 0.05) is 12.1 Å². The lowest BCUT2D eigenvalue weighted by Crippen LogP contribution is -2.16. The molecule has 0 aliphatic carbocycles. The van der Waals surface area contributed by atoms with Gasteiger partial charge in [-0.3, -0.25) is 0 Å². The molecule has 2 N–H and O–H groups in total. The minimum Gasteiger partial charge on any atom is -0.506 e. The summed E-state index contributed by atoms with van der Waals surface area (Å²) in [5.41, 5.74) is 2.02. The molecule has 2 aromatic carbocycles. The number of benzene rings is 2. The van der Waals surface area contributed by atoms with Crippen LogP contribution in [0.3, 0.4) is 0 Å². The van der Waals surface area contributed by atoms with Gasteiger partial charge in [-0.15, -0.1) is 0 Å². The lowest BCUT2D eigenvalue weighted by atomic mass is 10.1. The number of nitrogens with one attached hydrogen (secondary N) is 1. The summed E-state index contributed by atoms with van der Waals surface area (Å²) < 4.78 is 5.19. The van der Waals surface area contributed by atoms with Crippen LogP contribution in [0, 0.1) is 0 Å². The summed E-state index contributed by atoms with van der Waals surface area (Å²) in [5.74, 6) is 1.03. The van der Waals surface area contributed by atoms with Crippen molar-refractivity contribution in [2.24, 2.45) is 0 Å². The van der Waals surface area contributed by atoms with Gasteiger partial charge in [0.15, 0.2) is 0 Å². The van der Waals surface area contributed by atoms with Gasteiger partial charge in [0.1, 0.15) is 11.5 Å². The standard InChI is InChI=1S/C16H18ClNO2/c1-20-14-6-2-4-12(10-14)8-9-18-11-13-5-3-7-15(17)16(13)19/h2-7,10,18-19H,8-9,11H2,1H3. The lowest BCUT2D eigenvalue weighted by Gasteiger charge is -2.08. The van der Waals surface area contributed by atoms with Crippen molar-refractivity contribution in [3.63, 3.8) is 0 Å². The van der Waals surface area contributed by atoms with E-state index in [1.807, 2.05) is 30.3 Å². The van der Waals surface area contributed by atoms with Crippen molar-refractivity contribution in [2.75, 3.05) is 13.7 Å². The molecule has 2 aromatic rings. The van der Waals surface area contributed by atoms with E-state index in [-0.39, 0.29) is 5.75 Å². The van der Waals surface area contributed by atoms with Gasteiger partial charge in [0.25, 0.3) is 0 Å². The van der Waals surface area contributed by atoms with Crippen molar-refractivity contribution in [3.05, 3.63) is 58.6 Å². The minimum atomic E-state index is 0.156. The quantitative estimate of drug-likeness (QED) is 0.802. The zero-order chi connectivity index (χ0) is 14.4. The van der Waals surface area contributed by atoms with Gasteiger partial charge in [-0.2, -0.15) is 0 Å². The summed E-state index contributed by atoms with van der Waals surface area (Å²) in [7, 11) is 1.67. The summed E-state index contributed by atoms with van der Waals surface area (Å²) in [6.45, 7) is 1.41. The lowest BCUT2D eigenvalue weighted by molar-refractivity contribution is 0.414. The predicted octanol–water partition coefficient (Wildman–Crippen LogP) is 3.39. The monoisotopic (exact) mass is 291 g/mol. The number of hydrogen-bond donors (Lipinski definition) is 2. The molecule has 0 fully saturated rings. The molecule has 0 aromatic heterocycles. The first-order valence-corrected chi connectivity index (χ1v) is 6.88. The molecule has 0 unspecified atom stereocenters. The van der Waals surface area contributed by atoms with Gasteiger partial charge in [0.05, 0.1) is 12.1 Å². The van der Waals surface area contributed by atoms with Gasteiger partial charge in [-0.05, 0) is 36.7 Å². The van der Waals surface area contributed by atoms with E-state index in [0.717, 1.165) is 24.3 Å². The van der Waals surface area contributed by atoms with E-state index in [9.17, 15) is 5.11 Å².